The maximum absolute atomic E-state index is 3.48. The molecule has 54 valence electrons. The molecule has 0 aromatic heterocycles. The van der Waals surface area contributed by atoms with Gasteiger partial charge in [0.2, 0.25) is 0 Å². The van der Waals surface area contributed by atoms with Gasteiger partial charge in [0.05, 0.1) is 0 Å². The molecule has 0 N–H and O–H groups in total. The largest absolute Gasteiger partial charge is 0.103 e. The summed E-state index contributed by atoms with van der Waals surface area (Å²) in [4.78, 5) is 0. The summed E-state index contributed by atoms with van der Waals surface area (Å²) in [5, 5.41) is 0. The third kappa shape index (κ3) is 5.61. The molecule has 1 fully saturated rings. The molecule has 9 heavy (non-hydrogen) atoms. The van der Waals surface area contributed by atoms with Crippen LogP contribution in [0.5, 0.6) is 0 Å². The van der Waals surface area contributed by atoms with Crippen molar-refractivity contribution in [1.82, 2.24) is 0 Å². The average molecular weight is 126 g/mol. The first kappa shape index (κ1) is 8.74. The zero-order valence-electron chi connectivity index (χ0n) is 6.85. The summed E-state index contributed by atoms with van der Waals surface area (Å²) >= 11 is 0. The third-order valence-corrected chi connectivity index (χ3v) is 1.80. The quantitative estimate of drug-likeness (QED) is 0.473. The monoisotopic (exact) mass is 126 g/mol. The summed E-state index contributed by atoms with van der Waals surface area (Å²) in [6, 6.07) is 0. The van der Waals surface area contributed by atoms with Crippen molar-refractivity contribution in [2.24, 2.45) is 11.8 Å². The first-order valence-electron chi connectivity index (χ1n) is 3.83. The fourth-order valence-corrected chi connectivity index (χ4v) is 0.508. The Morgan fingerprint density at radius 2 is 1.67 bits per heavy atom. The van der Waals surface area contributed by atoms with Crippen LogP contribution in [-0.2, 0) is 0 Å². The first-order valence-corrected chi connectivity index (χ1v) is 3.83. The number of rotatable bonds is 1. The van der Waals surface area contributed by atoms with Gasteiger partial charge in [-0.3, -0.25) is 0 Å². The van der Waals surface area contributed by atoms with Crippen LogP contribution in [-0.4, -0.2) is 0 Å². The van der Waals surface area contributed by atoms with Crippen LogP contribution >= 0.6 is 0 Å². The highest BCUT2D eigenvalue weighted by molar-refractivity contribution is 4.76. The van der Waals surface area contributed by atoms with E-state index in [0.717, 1.165) is 18.3 Å². The summed E-state index contributed by atoms with van der Waals surface area (Å²) in [5.74, 6) is 2.10. The van der Waals surface area contributed by atoms with E-state index in [0.29, 0.717) is 0 Å². The van der Waals surface area contributed by atoms with E-state index < -0.39 is 0 Å². The van der Waals surface area contributed by atoms with Crippen LogP contribution in [0.3, 0.4) is 0 Å². The fraction of sp³-hybridized carbons (Fsp3) is 0.778. The van der Waals surface area contributed by atoms with Crippen molar-refractivity contribution in [1.29, 1.82) is 0 Å². The van der Waals surface area contributed by atoms with Gasteiger partial charge in [-0.2, -0.15) is 0 Å². The van der Waals surface area contributed by atoms with Crippen LogP contribution in [0.25, 0.3) is 0 Å². The van der Waals surface area contributed by atoms with Crippen LogP contribution in [0.15, 0.2) is 12.7 Å². The van der Waals surface area contributed by atoms with Gasteiger partial charge in [0.15, 0.2) is 0 Å². The maximum Gasteiger partial charge on any atom is -0.0382 e. The Morgan fingerprint density at radius 1 is 1.44 bits per heavy atom. The lowest BCUT2D eigenvalue weighted by atomic mass is 10.4. The van der Waals surface area contributed by atoms with E-state index >= 15 is 0 Å². The molecule has 0 heterocycles. The Kier molecular flexibility index (Phi) is 4.47. The lowest BCUT2D eigenvalue weighted by Gasteiger charge is -1.66. The number of hydrogen-bond donors (Lipinski definition) is 0. The molecule has 0 aromatic carbocycles. The molecule has 0 saturated heterocycles. The molecule has 1 aliphatic carbocycles. The predicted octanol–water partition coefficient (Wildman–Crippen LogP) is 3.24. The van der Waals surface area contributed by atoms with E-state index in [9.17, 15) is 0 Å². The molecule has 1 saturated carbocycles. The van der Waals surface area contributed by atoms with E-state index in [1.54, 1.807) is 0 Å². The van der Waals surface area contributed by atoms with Crippen molar-refractivity contribution in [3.63, 3.8) is 0 Å². The molecular weight excluding hydrogens is 108 g/mol. The minimum absolute atomic E-state index is 1.05. The molecule has 2 unspecified atom stereocenters. The second kappa shape index (κ2) is 4.60. The van der Waals surface area contributed by atoms with E-state index in [2.05, 4.69) is 27.4 Å². The molecule has 0 aromatic rings. The highest BCUT2D eigenvalue weighted by Crippen LogP contribution is 2.36. The highest BCUT2D eigenvalue weighted by atomic mass is 14.3. The molecule has 1 aliphatic rings. The Labute approximate surface area is 59.0 Å². The van der Waals surface area contributed by atoms with Gasteiger partial charge in [-0.1, -0.05) is 26.8 Å². The van der Waals surface area contributed by atoms with Crippen LogP contribution in [0, 0.1) is 11.8 Å². The van der Waals surface area contributed by atoms with Gasteiger partial charge in [0.1, 0.15) is 0 Å². The standard InChI is InChI=1S/C5H10.C4H8/c1-4-3-5(4)2;1-3-4-2/h4-5H,3H2,1-2H3;3H,1,4H2,2H3. The third-order valence-electron chi connectivity index (χ3n) is 1.80. The normalized spacial score (nSPS) is 30.1. The number of allylic oxidation sites excluding steroid dienone is 1. The summed E-state index contributed by atoms with van der Waals surface area (Å²) in [6.07, 6.45) is 4.43. The fourth-order valence-electron chi connectivity index (χ4n) is 0.508. The Morgan fingerprint density at radius 3 is 1.67 bits per heavy atom. The Balaban J connectivity index is 0.000000148. The lowest BCUT2D eigenvalue weighted by molar-refractivity contribution is 0.834. The van der Waals surface area contributed by atoms with E-state index in [-0.39, 0.29) is 0 Å². The Hall–Kier alpha value is -0.260. The van der Waals surface area contributed by atoms with Crippen LogP contribution < -0.4 is 0 Å². The van der Waals surface area contributed by atoms with Gasteiger partial charge >= 0.3 is 0 Å². The van der Waals surface area contributed by atoms with Gasteiger partial charge in [0.25, 0.3) is 0 Å². The zero-order valence-corrected chi connectivity index (χ0v) is 6.85. The van der Waals surface area contributed by atoms with Crippen molar-refractivity contribution >= 4 is 0 Å². The topological polar surface area (TPSA) is 0 Å². The van der Waals surface area contributed by atoms with Gasteiger partial charge in [0, 0.05) is 0 Å². The van der Waals surface area contributed by atoms with Gasteiger partial charge < -0.3 is 0 Å². The number of hydrogen-bond acceptors (Lipinski definition) is 0. The van der Waals surface area contributed by atoms with Gasteiger partial charge in [-0.15, -0.1) is 6.58 Å². The van der Waals surface area contributed by atoms with Crippen LogP contribution in [0.4, 0.5) is 0 Å². The molecule has 0 aliphatic heterocycles. The van der Waals surface area contributed by atoms with Crippen LogP contribution in [0.2, 0.25) is 0 Å². The second-order valence-electron chi connectivity index (χ2n) is 2.89. The summed E-state index contributed by atoms with van der Waals surface area (Å²) in [6.45, 7) is 10.1. The molecule has 0 bridgehead atoms. The maximum atomic E-state index is 3.48. The smallest absolute Gasteiger partial charge is 0.0382 e. The average Bonchev–Trinajstić information content (AvgIpc) is 2.47. The van der Waals surface area contributed by atoms with Gasteiger partial charge in [-0.25, -0.2) is 0 Å². The molecule has 0 radical (unpaired) electrons. The van der Waals surface area contributed by atoms with Crippen molar-refractivity contribution in [2.75, 3.05) is 0 Å². The zero-order chi connectivity index (χ0) is 7.28. The lowest BCUT2D eigenvalue weighted by Crippen LogP contribution is -1.58. The van der Waals surface area contributed by atoms with Crippen molar-refractivity contribution < 1.29 is 0 Å². The first-order chi connectivity index (χ1) is 4.22. The van der Waals surface area contributed by atoms with Crippen LogP contribution in [0.1, 0.15) is 33.6 Å². The molecule has 0 amide bonds. The molecule has 0 nitrogen and oxygen atoms in total. The molecular formula is C9H18. The molecule has 2 atom stereocenters. The van der Waals surface area contributed by atoms with Gasteiger partial charge in [-0.05, 0) is 24.7 Å². The highest BCUT2D eigenvalue weighted by Gasteiger charge is 2.26. The molecule has 0 spiro atoms. The Bertz CT molecular complexity index is 68.1. The predicted molar refractivity (Wildman–Crippen MR) is 43.4 cm³/mol. The second-order valence-corrected chi connectivity index (χ2v) is 2.89. The van der Waals surface area contributed by atoms with E-state index in [4.69, 9.17) is 0 Å². The van der Waals surface area contributed by atoms with Crippen molar-refractivity contribution in [3.8, 4) is 0 Å². The minimum atomic E-state index is 1.05. The SMILES string of the molecule is C=CCC.CC1CC1C. The van der Waals surface area contributed by atoms with Crippen molar-refractivity contribution in [3.05, 3.63) is 12.7 Å². The summed E-state index contributed by atoms with van der Waals surface area (Å²) < 4.78 is 0. The summed E-state index contributed by atoms with van der Waals surface area (Å²) in [5.41, 5.74) is 0. The van der Waals surface area contributed by atoms with E-state index in [1.165, 1.54) is 6.42 Å². The van der Waals surface area contributed by atoms with E-state index in [1.807, 2.05) is 6.08 Å². The molecule has 1 rings (SSSR count). The van der Waals surface area contributed by atoms with Crippen molar-refractivity contribution in [2.45, 2.75) is 33.6 Å². The molecule has 0 heteroatoms. The minimum Gasteiger partial charge on any atom is -0.103 e. The summed E-state index contributed by atoms with van der Waals surface area (Å²) in [7, 11) is 0.